The second kappa shape index (κ2) is 7.76. The minimum absolute atomic E-state index is 0.0177. The Balaban J connectivity index is 2.02. The van der Waals surface area contributed by atoms with E-state index in [2.05, 4.69) is 17.0 Å². The Morgan fingerprint density at radius 3 is 2.10 bits per heavy atom. The Hall–Kier alpha value is -1.87. The third kappa shape index (κ3) is 4.35. The lowest BCUT2D eigenvalue weighted by molar-refractivity contribution is 0.00578. The van der Waals surface area contributed by atoms with Gasteiger partial charge in [0.15, 0.2) is 0 Å². The molecule has 0 saturated carbocycles. The van der Waals surface area contributed by atoms with Gasteiger partial charge in [0.05, 0.1) is 16.1 Å². The van der Waals surface area contributed by atoms with E-state index in [1.807, 2.05) is 58.0 Å². The Kier molecular flexibility index (Phi) is 5.84. The molecule has 6 nitrogen and oxygen atoms in total. The van der Waals surface area contributed by atoms with Gasteiger partial charge in [-0.15, -0.1) is 0 Å². The fourth-order valence-electron chi connectivity index (χ4n) is 3.18. The van der Waals surface area contributed by atoms with Crippen molar-refractivity contribution in [2.75, 3.05) is 12.4 Å². The first kappa shape index (κ1) is 21.8. The molecule has 3 rings (SSSR count). The van der Waals surface area contributed by atoms with Crippen LogP contribution in [0.15, 0.2) is 53.4 Å². The first-order chi connectivity index (χ1) is 13.5. The molecule has 1 fully saturated rings. The molecule has 1 aliphatic rings. The highest BCUT2D eigenvalue weighted by Gasteiger charge is 2.52. The standard InChI is InChI=1S/C21H29BN2O4S/c1-15(16-10-8-7-9-11-16)24-19-13-12-17(29(25,26)23-6)14-18(19)22-27-20(2,3)21(4,5)28-22/h7-15,23-24H,1-6H3/t15-/m0/s1. The molecule has 1 atom stereocenters. The second-order valence-corrected chi connectivity index (χ2v) is 10.2. The molecule has 0 amide bonds. The molecule has 0 radical (unpaired) electrons. The maximum absolute atomic E-state index is 12.4. The summed E-state index contributed by atoms with van der Waals surface area (Å²) in [6.07, 6.45) is 0. The lowest BCUT2D eigenvalue weighted by atomic mass is 9.77. The van der Waals surface area contributed by atoms with Crippen LogP contribution < -0.4 is 15.5 Å². The van der Waals surface area contributed by atoms with Crippen molar-refractivity contribution >= 4 is 28.3 Å². The van der Waals surface area contributed by atoms with Crippen molar-refractivity contribution in [2.24, 2.45) is 0 Å². The average Bonchev–Trinajstić information content (AvgIpc) is 2.89. The van der Waals surface area contributed by atoms with E-state index in [0.717, 1.165) is 11.3 Å². The third-order valence-corrected chi connectivity index (χ3v) is 7.19. The molecule has 2 aromatic carbocycles. The van der Waals surface area contributed by atoms with Crippen LogP contribution in [0.4, 0.5) is 5.69 Å². The fraction of sp³-hybridized carbons (Fsp3) is 0.429. The first-order valence-corrected chi connectivity index (χ1v) is 11.2. The van der Waals surface area contributed by atoms with Crippen LogP contribution in [0, 0.1) is 0 Å². The summed E-state index contributed by atoms with van der Waals surface area (Å²) in [5.41, 5.74) is 1.49. The Morgan fingerprint density at radius 2 is 1.55 bits per heavy atom. The molecule has 156 valence electrons. The molecule has 1 aliphatic heterocycles. The molecule has 1 saturated heterocycles. The molecule has 1 heterocycles. The zero-order chi connectivity index (χ0) is 21.4. The van der Waals surface area contributed by atoms with Crippen LogP contribution in [0.25, 0.3) is 0 Å². The lowest BCUT2D eigenvalue weighted by Gasteiger charge is -2.32. The number of rotatable bonds is 6. The maximum Gasteiger partial charge on any atom is 0.497 e. The number of benzene rings is 2. The van der Waals surface area contributed by atoms with Crippen LogP contribution in [0.5, 0.6) is 0 Å². The topological polar surface area (TPSA) is 76.7 Å². The van der Waals surface area contributed by atoms with Gasteiger partial charge in [0.2, 0.25) is 10.0 Å². The fourth-order valence-corrected chi connectivity index (χ4v) is 3.95. The van der Waals surface area contributed by atoms with Gasteiger partial charge in [-0.1, -0.05) is 30.3 Å². The van der Waals surface area contributed by atoms with E-state index in [4.69, 9.17) is 9.31 Å². The summed E-state index contributed by atoms with van der Waals surface area (Å²) >= 11 is 0. The predicted octanol–water partition coefficient (Wildman–Crippen LogP) is 3.07. The van der Waals surface area contributed by atoms with Crippen LogP contribution in [-0.2, 0) is 19.3 Å². The van der Waals surface area contributed by atoms with Gasteiger partial charge in [0, 0.05) is 17.2 Å². The van der Waals surface area contributed by atoms with Crippen LogP contribution in [0.3, 0.4) is 0 Å². The first-order valence-electron chi connectivity index (χ1n) is 9.71. The van der Waals surface area contributed by atoms with Crippen molar-refractivity contribution in [1.29, 1.82) is 0 Å². The van der Waals surface area contributed by atoms with Gasteiger partial charge < -0.3 is 14.6 Å². The SMILES string of the molecule is CNS(=O)(=O)c1ccc(N[C@@H](C)c2ccccc2)c(B2OC(C)(C)C(C)(C)O2)c1. The van der Waals surface area contributed by atoms with Gasteiger partial charge in [-0.3, -0.25) is 0 Å². The molecule has 2 aromatic rings. The van der Waals surface area contributed by atoms with Crippen LogP contribution >= 0.6 is 0 Å². The van der Waals surface area contributed by atoms with E-state index in [1.165, 1.54) is 7.05 Å². The highest BCUT2D eigenvalue weighted by atomic mass is 32.2. The summed E-state index contributed by atoms with van der Waals surface area (Å²) in [5, 5.41) is 3.48. The normalized spacial score (nSPS) is 19.2. The van der Waals surface area contributed by atoms with Gasteiger partial charge in [0.25, 0.3) is 0 Å². The summed E-state index contributed by atoms with van der Waals surface area (Å²) < 4.78 is 39.5. The highest BCUT2D eigenvalue weighted by molar-refractivity contribution is 7.89. The molecular weight excluding hydrogens is 387 g/mol. The van der Waals surface area contributed by atoms with Gasteiger partial charge in [-0.2, -0.15) is 0 Å². The maximum atomic E-state index is 12.4. The van der Waals surface area contributed by atoms with Crippen LogP contribution in [0.2, 0.25) is 0 Å². The minimum Gasteiger partial charge on any atom is -0.399 e. The number of sulfonamides is 1. The molecule has 8 heteroatoms. The summed E-state index contributed by atoms with van der Waals surface area (Å²) in [6, 6.07) is 15.0. The summed E-state index contributed by atoms with van der Waals surface area (Å²) in [4.78, 5) is 0.169. The summed E-state index contributed by atoms with van der Waals surface area (Å²) in [7, 11) is -2.88. The monoisotopic (exact) mass is 416 g/mol. The number of hydrogen-bond donors (Lipinski definition) is 2. The molecule has 0 aromatic heterocycles. The quantitative estimate of drug-likeness (QED) is 0.708. The van der Waals surface area contributed by atoms with Crippen LogP contribution in [0.1, 0.15) is 46.2 Å². The van der Waals surface area contributed by atoms with Gasteiger partial charge in [0.1, 0.15) is 0 Å². The third-order valence-electron chi connectivity index (χ3n) is 5.78. The second-order valence-electron chi connectivity index (χ2n) is 8.32. The Morgan fingerprint density at radius 1 is 0.966 bits per heavy atom. The molecule has 0 spiro atoms. The van der Waals surface area contributed by atoms with Crippen molar-refractivity contribution in [3.63, 3.8) is 0 Å². The summed E-state index contributed by atoms with van der Waals surface area (Å²) in [5.74, 6) is 0. The van der Waals surface area contributed by atoms with E-state index in [0.29, 0.717) is 5.46 Å². The predicted molar refractivity (Wildman–Crippen MR) is 117 cm³/mol. The number of anilines is 1. The molecule has 0 bridgehead atoms. The van der Waals surface area contributed by atoms with Gasteiger partial charge >= 0.3 is 7.12 Å². The Bertz CT molecular complexity index is 961. The van der Waals surface area contributed by atoms with E-state index in [-0.39, 0.29) is 10.9 Å². The highest BCUT2D eigenvalue weighted by Crippen LogP contribution is 2.37. The zero-order valence-corrected chi connectivity index (χ0v) is 18.6. The summed E-state index contributed by atoms with van der Waals surface area (Å²) in [6.45, 7) is 9.95. The van der Waals surface area contributed by atoms with E-state index >= 15 is 0 Å². The average molecular weight is 416 g/mol. The Labute approximate surface area is 174 Å². The van der Waals surface area contributed by atoms with Crippen molar-refractivity contribution in [2.45, 2.75) is 56.8 Å². The largest absolute Gasteiger partial charge is 0.497 e. The van der Waals surface area contributed by atoms with Crippen molar-refractivity contribution in [3.8, 4) is 0 Å². The number of nitrogens with one attached hydrogen (secondary N) is 2. The minimum atomic E-state index is -3.59. The van der Waals surface area contributed by atoms with Crippen LogP contribution in [-0.4, -0.2) is 33.8 Å². The molecule has 0 unspecified atom stereocenters. The smallest absolute Gasteiger partial charge is 0.399 e. The van der Waals surface area contributed by atoms with Crippen molar-refractivity contribution < 1.29 is 17.7 Å². The number of hydrogen-bond acceptors (Lipinski definition) is 5. The van der Waals surface area contributed by atoms with E-state index < -0.39 is 28.3 Å². The van der Waals surface area contributed by atoms with Gasteiger partial charge in [-0.25, -0.2) is 13.1 Å². The molecule has 29 heavy (non-hydrogen) atoms. The van der Waals surface area contributed by atoms with E-state index in [9.17, 15) is 8.42 Å². The van der Waals surface area contributed by atoms with E-state index in [1.54, 1.807) is 18.2 Å². The molecular formula is C21H29BN2O4S. The van der Waals surface area contributed by atoms with Crippen molar-refractivity contribution in [3.05, 3.63) is 54.1 Å². The molecule has 2 N–H and O–H groups in total. The lowest BCUT2D eigenvalue weighted by Crippen LogP contribution is -2.41. The van der Waals surface area contributed by atoms with Crippen molar-refractivity contribution in [1.82, 2.24) is 4.72 Å². The molecule has 0 aliphatic carbocycles. The zero-order valence-electron chi connectivity index (χ0n) is 17.8. The van der Waals surface area contributed by atoms with Gasteiger partial charge in [-0.05, 0) is 65.4 Å².